The Balaban J connectivity index is 1.60. The van der Waals surface area contributed by atoms with Gasteiger partial charge in [0.25, 0.3) is 0 Å². The molecule has 1 fully saturated rings. The van der Waals surface area contributed by atoms with Crippen molar-refractivity contribution in [1.29, 1.82) is 0 Å². The highest BCUT2D eigenvalue weighted by molar-refractivity contribution is 5.93. The smallest absolute Gasteiger partial charge is 0.226 e. The summed E-state index contributed by atoms with van der Waals surface area (Å²) in [7, 11) is 0. The van der Waals surface area contributed by atoms with Gasteiger partial charge in [-0.1, -0.05) is 62.4 Å². The molecule has 1 aliphatic rings. The van der Waals surface area contributed by atoms with Gasteiger partial charge < -0.3 is 9.80 Å². The number of benzene rings is 2. The van der Waals surface area contributed by atoms with E-state index in [2.05, 4.69) is 54.3 Å². The molecule has 1 saturated heterocycles. The predicted octanol–water partition coefficient (Wildman–Crippen LogP) is 4.70. The molecule has 1 aliphatic heterocycles. The van der Waals surface area contributed by atoms with E-state index in [0.717, 1.165) is 38.2 Å². The number of carbonyl (C=O) groups is 1. The number of carbonyl (C=O) groups excluding carboxylic acids is 1. The lowest BCUT2D eigenvalue weighted by atomic mass is 9.97. The first-order valence-electron chi connectivity index (χ1n) is 9.83. The standard InChI is InChI=1S/C23H30N2O/c1-3-23(26)25(21-12-8-5-9-13-21)22-14-16-24(17-15-22)18-19(2)20-10-6-4-7-11-20/h4-13,19,22H,3,14-18H2,1-2H3/t19-/m0/s1. The Morgan fingerprint density at radius 3 is 2.19 bits per heavy atom. The average molecular weight is 351 g/mol. The van der Waals surface area contributed by atoms with E-state index in [1.54, 1.807) is 0 Å². The van der Waals surface area contributed by atoms with Gasteiger partial charge in [0.05, 0.1) is 0 Å². The van der Waals surface area contributed by atoms with E-state index in [1.165, 1.54) is 5.56 Å². The van der Waals surface area contributed by atoms with Gasteiger partial charge in [0, 0.05) is 37.8 Å². The van der Waals surface area contributed by atoms with Gasteiger partial charge in [-0.15, -0.1) is 0 Å². The molecule has 0 radical (unpaired) electrons. The SMILES string of the molecule is CCC(=O)N(c1ccccc1)C1CCN(C[C@H](C)c2ccccc2)CC1. The van der Waals surface area contributed by atoms with Crippen LogP contribution in [-0.2, 0) is 4.79 Å². The Kier molecular flexibility index (Phi) is 6.45. The number of anilines is 1. The van der Waals surface area contributed by atoms with E-state index in [4.69, 9.17) is 0 Å². The van der Waals surface area contributed by atoms with Crippen molar-refractivity contribution in [3.8, 4) is 0 Å². The zero-order valence-electron chi connectivity index (χ0n) is 16.0. The van der Waals surface area contributed by atoms with Crippen molar-refractivity contribution < 1.29 is 4.79 Å². The Hall–Kier alpha value is -2.13. The maximum atomic E-state index is 12.6. The molecule has 0 spiro atoms. The van der Waals surface area contributed by atoms with Gasteiger partial charge in [-0.3, -0.25) is 4.79 Å². The van der Waals surface area contributed by atoms with Crippen LogP contribution >= 0.6 is 0 Å². The molecule has 138 valence electrons. The van der Waals surface area contributed by atoms with Crippen LogP contribution in [0.5, 0.6) is 0 Å². The molecule has 2 aromatic carbocycles. The normalized spacial score (nSPS) is 17.0. The molecule has 3 rings (SSSR count). The monoisotopic (exact) mass is 350 g/mol. The summed E-state index contributed by atoms with van der Waals surface area (Å²) in [4.78, 5) is 17.2. The first-order valence-corrected chi connectivity index (χ1v) is 9.83. The van der Waals surface area contributed by atoms with E-state index >= 15 is 0 Å². The summed E-state index contributed by atoms with van der Waals surface area (Å²) in [6.07, 6.45) is 2.64. The minimum Gasteiger partial charge on any atom is -0.309 e. The van der Waals surface area contributed by atoms with Crippen LogP contribution in [0.25, 0.3) is 0 Å². The topological polar surface area (TPSA) is 23.6 Å². The number of hydrogen-bond acceptors (Lipinski definition) is 2. The minimum atomic E-state index is 0.229. The van der Waals surface area contributed by atoms with Crippen molar-refractivity contribution in [2.24, 2.45) is 0 Å². The van der Waals surface area contributed by atoms with Crippen molar-refractivity contribution in [3.05, 3.63) is 66.2 Å². The lowest BCUT2D eigenvalue weighted by Crippen LogP contribution is -2.48. The van der Waals surface area contributed by atoms with Gasteiger partial charge in [0.2, 0.25) is 5.91 Å². The van der Waals surface area contributed by atoms with Crippen LogP contribution in [-0.4, -0.2) is 36.5 Å². The summed E-state index contributed by atoms with van der Waals surface area (Å²) in [5.41, 5.74) is 2.44. The average Bonchev–Trinajstić information content (AvgIpc) is 2.71. The molecule has 26 heavy (non-hydrogen) atoms. The lowest BCUT2D eigenvalue weighted by molar-refractivity contribution is -0.119. The zero-order valence-corrected chi connectivity index (χ0v) is 16.0. The molecule has 1 heterocycles. The Labute approximate surface area is 157 Å². The van der Waals surface area contributed by atoms with E-state index in [9.17, 15) is 4.79 Å². The number of para-hydroxylation sites is 1. The van der Waals surface area contributed by atoms with E-state index in [1.807, 2.05) is 30.0 Å². The quantitative estimate of drug-likeness (QED) is 0.754. The summed E-state index contributed by atoms with van der Waals surface area (Å²) < 4.78 is 0. The second-order valence-electron chi connectivity index (χ2n) is 7.30. The number of rotatable bonds is 6. The van der Waals surface area contributed by atoms with Crippen LogP contribution < -0.4 is 4.90 Å². The van der Waals surface area contributed by atoms with Gasteiger partial charge in [-0.25, -0.2) is 0 Å². The Bertz CT molecular complexity index is 678. The molecule has 2 aromatic rings. The molecule has 3 heteroatoms. The molecule has 0 bridgehead atoms. The fraction of sp³-hybridized carbons (Fsp3) is 0.435. The molecule has 1 atom stereocenters. The van der Waals surface area contributed by atoms with Crippen LogP contribution in [0.15, 0.2) is 60.7 Å². The van der Waals surface area contributed by atoms with Crippen LogP contribution in [0.4, 0.5) is 5.69 Å². The van der Waals surface area contributed by atoms with Crippen LogP contribution in [0, 0.1) is 0 Å². The second-order valence-corrected chi connectivity index (χ2v) is 7.30. The van der Waals surface area contributed by atoms with Crippen molar-refractivity contribution in [2.75, 3.05) is 24.5 Å². The molecular weight excluding hydrogens is 320 g/mol. The molecule has 0 unspecified atom stereocenters. The highest BCUT2D eigenvalue weighted by Crippen LogP contribution is 2.26. The number of likely N-dealkylation sites (tertiary alicyclic amines) is 1. The summed E-state index contributed by atoms with van der Waals surface area (Å²) in [5, 5.41) is 0. The van der Waals surface area contributed by atoms with Gasteiger partial charge in [-0.05, 0) is 36.5 Å². The highest BCUT2D eigenvalue weighted by Gasteiger charge is 2.28. The molecule has 1 amide bonds. The molecule has 3 nitrogen and oxygen atoms in total. The Morgan fingerprint density at radius 1 is 1.04 bits per heavy atom. The van der Waals surface area contributed by atoms with Gasteiger partial charge in [0.15, 0.2) is 0 Å². The summed E-state index contributed by atoms with van der Waals surface area (Å²) in [6.45, 7) is 7.46. The third-order valence-electron chi connectivity index (χ3n) is 5.43. The maximum Gasteiger partial charge on any atom is 0.226 e. The van der Waals surface area contributed by atoms with Crippen LogP contribution in [0.2, 0.25) is 0 Å². The first kappa shape index (κ1) is 18.7. The molecule has 0 saturated carbocycles. The number of amides is 1. The van der Waals surface area contributed by atoms with Crippen LogP contribution in [0.3, 0.4) is 0 Å². The number of hydrogen-bond donors (Lipinski definition) is 0. The van der Waals surface area contributed by atoms with Crippen molar-refractivity contribution in [3.63, 3.8) is 0 Å². The Morgan fingerprint density at radius 2 is 1.62 bits per heavy atom. The fourth-order valence-corrected chi connectivity index (χ4v) is 3.95. The zero-order chi connectivity index (χ0) is 18.4. The largest absolute Gasteiger partial charge is 0.309 e. The number of nitrogens with zero attached hydrogens (tertiary/aromatic N) is 2. The number of piperidine rings is 1. The molecule has 0 aromatic heterocycles. The third kappa shape index (κ3) is 4.53. The summed E-state index contributed by atoms with van der Waals surface area (Å²) in [5.74, 6) is 0.766. The second kappa shape index (κ2) is 9.00. The van der Waals surface area contributed by atoms with E-state index in [0.29, 0.717) is 18.4 Å². The van der Waals surface area contributed by atoms with Gasteiger partial charge >= 0.3 is 0 Å². The summed E-state index contributed by atoms with van der Waals surface area (Å²) >= 11 is 0. The van der Waals surface area contributed by atoms with Gasteiger partial charge in [-0.2, -0.15) is 0 Å². The summed E-state index contributed by atoms with van der Waals surface area (Å²) in [6, 6.07) is 21.2. The third-order valence-corrected chi connectivity index (χ3v) is 5.43. The maximum absolute atomic E-state index is 12.6. The van der Waals surface area contributed by atoms with E-state index < -0.39 is 0 Å². The lowest BCUT2D eigenvalue weighted by Gasteiger charge is -2.39. The van der Waals surface area contributed by atoms with Crippen molar-refractivity contribution in [1.82, 2.24) is 4.90 Å². The molecule has 0 N–H and O–H groups in total. The van der Waals surface area contributed by atoms with Crippen LogP contribution in [0.1, 0.15) is 44.6 Å². The van der Waals surface area contributed by atoms with Crippen molar-refractivity contribution in [2.45, 2.75) is 45.1 Å². The highest BCUT2D eigenvalue weighted by atomic mass is 16.2. The molecule has 0 aliphatic carbocycles. The predicted molar refractivity (Wildman–Crippen MR) is 109 cm³/mol. The van der Waals surface area contributed by atoms with Gasteiger partial charge in [0.1, 0.15) is 0 Å². The minimum absolute atomic E-state index is 0.229. The fourth-order valence-electron chi connectivity index (χ4n) is 3.95. The molecular formula is C23H30N2O. The van der Waals surface area contributed by atoms with Crippen molar-refractivity contribution >= 4 is 11.6 Å². The first-order chi connectivity index (χ1) is 12.7. The van der Waals surface area contributed by atoms with E-state index in [-0.39, 0.29) is 5.91 Å².